The molecule has 0 N–H and O–H groups in total. The summed E-state index contributed by atoms with van der Waals surface area (Å²) in [6.45, 7) is 0. The van der Waals surface area contributed by atoms with Gasteiger partial charge in [-0.05, 0) is 43.9 Å². The molecule has 0 aromatic heterocycles. The predicted octanol–water partition coefficient (Wildman–Crippen LogP) is 5.18. The van der Waals surface area contributed by atoms with Crippen molar-refractivity contribution in [3.63, 3.8) is 0 Å². The Labute approximate surface area is 112 Å². The fraction of sp³-hybridized carbons (Fsp3) is 0.538. The summed E-state index contributed by atoms with van der Waals surface area (Å²) in [5, 5.41) is 0. The van der Waals surface area contributed by atoms with Crippen LogP contribution in [0.1, 0.15) is 37.7 Å². The average molecular weight is 323 g/mol. The summed E-state index contributed by atoms with van der Waals surface area (Å²) in [4.78, 5) is 0. The highest BCUT2D eigenvalue weighted by atomic mass is 79.9. The maximum Gasteiger partial charge on any atom is 0.416 e. The summed E-state index contributed by atoms with van der Waals surface area (Å²) in [5.74, 6) is 0.295. The molecule has 1 aliphatic carbocycles. The number of halogens is 4. The number of alkyl halides is 3. The van der Waals surface area contributed by atoms with E-state index in [-0.39, 0.29) is 6.10 Å². The summed E-state index contributed by atoms with van der Waals surface area (Å²) < 4.78 is 44.0. The molecule has 0 amide bonds. The van der Waals surface area contributed by atoms with E-state index >= 15 is 0 Å². The normalized spacial score (nSPS) is 17.8. The SMILES string of the molecule is FC(F)(F)c1cc(Br)cc(OC2CCCCC2)c1. The molecule has 0 saturated heterocycles. The van der Waals surface area contributed by atoms with E-state index in [4.69, 9.17) is 4.74 Å². The van der Waals surface area contributed by atoms with E-state index in [9.17, 15) is 13.2 Å². The molecule has 0 radical (unpaired) electrons. The molecule has 100 valence electrons. The van der Waals surface area contributed by atoms with Gasteiger partial charge in [0.25, 0.3) is 0 Å². The van der Waals surface area contributed by atoms with Gasteiger partial charge in [0, 0.05) is 4.47 Å². The molecule has 0 spiro atoms. The summed E-state index contributed by atoms with van der Waals surface area (Å²) in [6.07, 6.45) is 0.923. The lowest BCUT2D eigenvalue weighted by molar-refractivity contribution is -0.137. The van der Waals surface area contributed by atoms with Gasteiger partial charge in [0.15, 0.2) is 0 Å². The van der Waals surface area contributed by atoms with Crippen LogP contribution in [0, 0.1) is 0 Å². The minimum absolute atomic E-state index is 0.0501. The fourth-order valence-electron chi connectivity index (χ4n) is 2.17. The highest BCUT2D eigenvalue weighted by Crippen LogP contribution is 2.35. The fourth-order valence-corrected chi connectivity index (χ4v) is 2.64. The molecule has 1 saturated carbocycles. The van der Waals surface area contributed by atoms with Crippen LogP contribution in [0.3, 0.4) is 0 Å². The van der Waals surface area contributed by atoms with E-state index in [1.165, 1.54) is 6.42 Å². The molecule has 0 unspecified atom stereocenters. The first kappa shape index (κ1) is 13.7. The molecular formula is C13H14BrF3O. The topological polar surface area (TPSA) is 9.23 Å². The smallest absolute Gasteiger partial charge is 0.416 e. The number of hydrogen-bond acceptors (Lipinski definition) is 1. The van der Waals surface area contributed by atoms with Gasteiger partial charge in [0.1, 0.15) is 5.75 Å². The quantitative estimate of drug-likeness (QED) is 0.729. The minimum Gasteiger partial charge on any atom is -0.490 e. The van der Waals surface area contributed by atoms with E-state index in [1.807, 2.05) is 0 Å². The largest absolute Gasteiger partial charge is 0.490 e. The monoisotopic (exact) mass is 322 g/mol. The maximum absolute atomic E-state index is 12.7. The van der Waals surface area contributed by atoms with Crippen LogP contribution < -0.4 is 4.74 Å². The maximum atomic E-state index is 12.7. The highest BCUT2D eigenvalue weighted by Gasteiger charge is 2.31. The van der Waals surface area contributed by atoms with Crippen molar-refractivity contribution >= 4 is 15.9 Å². The number of ether oxygens (including phenoxy) is 1. The van der Waals surface area contributed by atoms with Crippen molar-refractivity contribution in [2.75, 3.05) is 0 Å². The first-order valence-corrected chi connectivity index (χ1v) is 6.79. The van der Waals surface area contributed by atoms with Gasteiger partial charge in [0.2, 0.25) is 0 Å². The molecule has 1 fully saturated rings. The number of rotatable bonds is 2. The highest BCUT2D eigenvalue weighted by molar-refractivity contribution is 9.10. The minimum atomic E-state index is -4.34. The Morgan fingerprint density at radius 1 is 1.06 bits per heavy atom. The van der Waals surface area contributed by atoms with E-state index < -0.39 is 11.7 Å². The Hall–Kier alpha value is -0.710. The lowest BCUT2D eigenvalue weighted by Gasteiger charge is -2.23. The third-order valence-corrected chi connectivity index (χ3v) is 3.51. The Bertz CT molecular complexity index is 411. The second-order valence-electron chi connectivity index (χ2n) is 4.55. The standard InChI is InChI=1S/C13H14BrF3O/c14-10-6-9(13(15,16)17)7-12(8-10)18-11-4-2-1-3-5-11/h6-8,11H,1-5H2. The molecule has 0 bridgehead atoms. The lowest BCUT2D eigenvalue weighted by Crippen LogP contribution is -2.19. The molecule has 0 atom stereocenters. The second-order valence-corrected chi connectivity index (χ2v) is 5.47. The Morgan fingerprint density at radius 2 is 1.72 bits per heavy atom. The van der Waals surface area contributed by atoms with Gasteiger partial charge < -0.3 is 4.74 Å². The number of benzene rings is 1. The summed E-state index contributed by atoms with van der Waals surface area (Å²) in [5.41, 5.74) is -0.678. The molecule has 18 heavy (non-hydrogen) atoms. The van der Waals surface area contributed by atoms with Gasteiger partial charge in [0.05, 0.1) is 11.7 Å². The summed E-state index contributed by atoms with van der Waals surface area (Å²) in [7, 11) is 0. The van der Waals surface area contributed by atoms with Crippen LogP contribution in [-0.4, -0.2) is 6.10 Å². The van der Waals surface area contributed by atoms with E-state index in [2.05, 4.69) is 15.9 Å². The van der Waals surface area contributed by atoms with Crippen LogP contribution in [0.4, 0.5) is 13.2 Å². The van der Waals surface area contributed by atoms with Gasteiger partial charge in [-0.2, -0.15) is 13.2 Å². The Morgan fingerprint density at radius 3 is 2.33 bits per heavy atom. The van der Waals surface area contributed by atoms with Gasteiger partial charge >= 0.3 is 6.18 Å². The van der Waals surface area contributed by atoms with Crippen molar-refractivity contribution in [1.82, 2.24) is 0 Å². The zero-order valence-electron chi connectivity index (χ0n) is 9.77. The van der Waals surface area contributed by atoms with Crippen molar-refractivity contribution in [3.8, 4) is 5.75 Å². The van der Waals surface area contributed by atoms with Gasteiger partial charge in [-0.25, -0.2) is 0 Å². The zero-order chi connectivity index (χ0) is 13.2. The van der Waals surface area contributed by atoms with Crippen LogP contribution in [0.5, 0.6) is 5.75 Å². The first-order valence-electron chi connectivity index (χ1n) is 5.99. The van der Waals surface area contributed by atoms with Gasteiger partial charge in [-0.15, -0.1) is 0 Å². The van der Waals surface area contributed by atoms with Crippen molar-refractivity contribution in [1.29, 1.82) is 0 Å². The van der Waals surface area contributed by atoms with Crippen molar-refractivity contribution in [2.24, 2.45) is 0 Å². The molecule has 1 aromatic rings. The van der Waals surface area contributed by atoms with Crippen LogP contribution in [0.15, 0.2) is 22.7 Å². The Balaban J connectivity index is 2.14. The zero-order valence-corrected chi connectivity index (χ0v) is 11.4. The predicted molar refractivity (Wildman–Crippen MR) is 66.6 cm³/mol. The van der Waals surface area contributed by atoms with E-state index in [0.717, 1.165) is 37.8 Å². The van der Waals surface area contributed by atoms with Crippen molar-refractivity contribution < 1.29 is 17.9 Å². The van der Waals surface area contributed by atoms with Crippen molar-refractivity contribution in [3.05, 3.63) is 28.2 Å². The summed E-state index contributed by atoms with van der Waals surface area (Å²) in [6, 6.07) is 3.72. The van der Waals surface area contributed by atoms with Gasteiger partial charge in [-0.1, -0.05) is 22.4 Å². The average Bonchev–Trinajstić information content (AvgIpc) is 2.28. The van der Waals surface area contributed by atoms with Crippen LogP contribution >= 0.6 is 15.9 Å². The second kappa shape index (κ2) is 5.51. The molecule has 1 aromatic carbocycles. The van der Waals surface area contributed by atoms with E-state index in [1.54, 1.807) is 6.07 Å². The first-order chi connectivity index (χ1) is 8.45. The van der Waals surface area contributed by atoms with Crippen LogP contribution in [0.2, 0.25) is 0 Å². The van der Waals surface area contributed by atoms with Crippen molar-refractivity contribution in [2.45, 2.75) is 44.4 Å². The third kappa shape index (κ3) is 3.64. The van der Waals surface area contributed by atoms with Gasteiger partial charge in [-0.3, -0.25) is 0 Å². The molecule has 0 aliphatic heterocycles. The Kier molecular flexibility index (Phi) is 4.20. The van der Waals surface area contributed by atoms with E-state index in [0.29, 0.717) is 10.2 Å². The molecule has 5 heteroatoms. The molecule has 1 aliphatic rings. The third-order valence-electron chi connectivity index (χ3n) is 3.05. The van der Waals surface area contributed by atoms with Crippen LogP contribution in [0.25, 0.3) is 0 Å². The molecular weight excluding hydrogens is 309 g/mol. The van der Waals surface area contributed by atoms with Crippen LogP contribution in [-0.2, 0) is 6.18 Å². The molecule has 1 nitrogen and oxygen atoms in total. The summed E-state index contributed by atoms with van der Waals surface area (Å²) >= 11 is 3.09. The molecule has 0 heterocycles. The molecule has 2 rings (SSSR count). The number of hydrogen-bond donors (Lipinski definition) is 0. The lowest BCUT2D eigenvalue weighted by atomic mass is 9.98.